The maximum atomic E-state index is 11.3. The molecule has 0 saturated heterocycles. The van der Waals surface area contributed by atoms with E-state index in [0.717, 1.165) is 5.70 Å². The van der Waals surface area contributed by atoms with Crippen molar-refractivity contribution >= 4 is 5.91 Å². The zero-order valence-corrected chi connectivity index (χ0v) is 7.22. The van der Waals surface area contributed by atoms with Crippen LogP contribution in [0.25, 0.3) is 0 Å². The Hall–Kier alpha value is -0.990. The van der Waals surface area contributed by atoms with Gasteiger partial charge in [0.25, 0.3) is 0 Å². The lowest BCUT2D eigenvalue weighted by Crippen LogP contribution is -2.45. The Bertz CT molecular complexity index is 196. The van der Waals surface area contributed by atoms with E-state index in [1.54, 1.807) is 11.0 Å². The topological polar surface area (TPSA) is 32.3 Å². The Labute approximate surface area is 67.1 Å². The van der Waals surface area contributed by atoms with Crippen molar-refractivity contribution in [2.45, 2.75) is 26.8 Å². The molecule has 11 heavy (non-hydrogen) atoms. The lowest BCUT2D eigenvalue weighted by molar-refractivity contribution is -0.128. The van der Waals surface area contributed by atoms with Gasteiger partial charge in [-0.3, -0.25) is 4.79 Å². The van der Waals surface area contributed by atoms with Crippen LogP contribution in [0.4, 0.5) is 0 Å². The van der Waals surface area contributed by atoms with Crippen molar-refractivity contribution in [3.8, 4) is 0 Å². The van der Waals surface area contributed by atoms with Crippen LogP contribution in [0.3, 0.4) is 0 Å². The molecule has 0 aliphatic carbocycles. The summed E-state index contributed by atoms with van der Waals surface area (Å²) in [7, 11) is 0. The fourth-order valence-corrected chi connectivity index (χ4v) is 1.04. The van der Waals surface area contributed by atoms with E-state index in [1.807, 2.05) is 20.8 Å². The van der Waals surface area contributed by atoms with Gasteiger partial charge in [0, 0.05) is 17.8 Å². The fraction of sp³-hybridized carbons (Fsp3) is 0.625. The van der Waals surface area contributed by atoms with Crippen molar-refractivity contribution in [1.29, 1.82) is 0 Å². The van der Waals surface area contributed by atoms with Crippen LogP contribution in [0.1, 0.15) is 20.8 Å². The number of amides is 1. The summed E-state index contributed by atoms with van der Waals surface area (Å²) >= 11 is 0. The summed E-state index contributed by atoms with van der Waals surface area (Å²) in [6, 6.07) is 0.277. The van der Waals surface area contributed by atoms with Crippen molar-refractivity contribution in [3.05, 3.63) is 11.8 Å². The molecule has 1 aliphatic rings. The summed E-state index contributed by atoms with van der Waals surface area (Å²) in [4.78, 5) is 13.0. The molecule has 0 aromatic heterocycles. The van der Waals surface area contributed by atoms with Gasteiger partial charge in [-0.1, -0.05) is 0 Å². The normalized spacial score (nSPS) is 18.4. The number of carbonyl (C=O) groups excluding carboxylic acids is 1. The highest BCUT2D eigenvalue weighted by atomic mass is 16.2. The maximum Gasteiger partial charge on any atom is 0.249 e. The molecule has 0 unspecified atom stereocenters. The number of nitrogens with zero attached hydrogens (tertiary/aromatic N) is 1. The van der Waals surface area contributed by atoms with Crippen LogP contribution in [0.15, 0.2) is 11.8 Å². The molecule has 3 nitrogen and oxygen atoms in total. The molecular formula is C8H14N2O. The molecule has 0 aromatic rings. The molecule has 0 fully saturated rings. The van der Waals surface area contributed by atoms with Gasteiger partial charge in [-0.15, -0.1) is 0 Å². The van der Waals surface area contributed by atoms with Gasteiger partial charge in [-0.05, 0) is 20.8 Å². The SMILES string of the molecule is CC1=CC(=O)N(C(C)C)CN1. The van der Waals surface area contributed by atoms with Crippen LogP contribution in [0, 0.1) is 0 Å². The fourth-order valence-electron chi connectivity index (χ4n) is 1.04. The van der Waals surface area contributed by atoms with Gasteiger partial charge in [0.05, 0.1) is 6.67 Å². The molecule has 0 saturated carbocycles. The highest BCUT2D eigenvalue weighted by Gasteiger charge is 2.17. The van der Waals surface area contributed by atoms with E-state index in [-0.39, 0.29) is 11.9 Å². The van der Waals surface area contributed by atoms with E-state index >= 15 is 0 Å². The van der Waals surface area contributed by atoms with Crippen LogP contribution < -0.4 is 5.32 Å². The third kappa shape index (κ3) is 1.73. The molecule has 0 atom stereocenters. The lowest BCUT2D eigenvalue weighted by atomic mass is 10.2. The summed E-state index contributed by atoms with van der Waals surface area (Å²) in [5.41, 5.74) is 0.951. The first kappa shape index (κ1) is 8.11. The molecule has 1 N–H and O–H groups in total. The van der Waals surface area contributed by atoms with Crippen molar-refractivity contribution < 1.29 is 4.79 Å². The van der Waals surface area contributed by atoms with E-state index < -0.39 is 0 Å². The van der Waals surface area contributed by atoms with Gasteiger partial charge in [-0.25, -0.2) is 0 Å². The standard InChI is InChI=1S/C8H14N2O/c1-6(2)10-5-9-7(3)4-8(10)11/h4,6,9H,5H2,1-3H3. The average molecular weight is 154 g/mol. The van der Waals surface area contributed by atoms with E-state index in [4.69, 9.17) is 0 Å². The summed E-state index contributed by atoms with van der Waals surface area (Å²) in [6.45, 7) is 6.55. The quantitative estimate of drug-likeness (QED) is 0.602. The highest BCUT2D eigenvalue weighted by molar-refractivity contribution is 5.89. The average Bonchev–Trinajstić information content (AvgIpc) is 1.85. The van der Waals surface area contributed by atoms with Crippen LogP contribution in [0.5, 0.6) is 0 Å². The van der Waals surface area contributed by atoms with Crippen molar-refractivity contribution in [3.63, 3.8) is 0 Å². The Morgan fingerprint density at radius 1 is 1.64 bits per heavy atom. The zero-order chi connectivity index (χ0) is 8.43. The minimum Gasteiger partial charge on any atom is -0.371 e. The third-order valence-corrected chi connectivity index (χ3v) is 1.77. The first-order valence-electron chi connectivity index (χ1n) is 3.84. The summed E-state index contributed by atoms with van der Waals surface area (Å²) in [5.74, 6) is 0.108. The number of rotatable bonds is 1. The van der Waals surface area contributed by atoms with Crippen molar-refractivity contribution in [1.82, 2.24) is 10.2 Å². The predicted molar refractivity (Wildman–Crippen MR) is 43.7 cm³/mol. The second-order valence-corrected chi connectivity index (χ2v) is 3.06. The predicted octanol–water partition coefficient (Wildman–Crippen LogP) is 0.688. The van der Waals surface area contributed by atoms with E-state index in [1.165, 1.54) is 0 Å². The van der Waals surface area contributed by atoms with Crippen LogP contribution >= 0.6 is 0 Å². The van der Waals surface area contributed by atoms with Crippen LogP contribution in [0.2, 0.25) is 0 Å². The lowest BCUT2D eigenvalue weighted by Gasteiger charge is -2.29. The Balaban J connectivity index is 2.68. The molecule has 1 amide bonds. The van der Waals surface area contributed by atoms with E-state index in [0.29, 0.717) is 6.67 Å². The molecule has 0 radical (unpaired) electrons. The first-order valence-corrected chi connectivity index (χ1v) is 3.84. The van der Waals surface area contributed by atoms with Crippen LogP contribution in [-0.4, -0.2) is 23.5 Å². The molecule has 0 spiro atoms. The van der Waals surface area contributed by atoms with Gasteiger partial charge in [0.2, 0.25) is 5.91 Å². The molecule has 1 aliphatic heterocycles. The van der Waals surface area contributed by atoms with Gasteiger partial charge in [0.1, 0.15) is 0 Å². The summed E-state index contributed by atoms with van der Waals surface area (Å²) in [6.07, 6.45) is 1.63. The smallest absolute Gasteiger partial charge is 0.249 e. The van der Waals surface area contributed by atoms with E-state index in [9.17, 15) is 4.79 Å². The van der Waals surface area contributed by atoms with Gasteiger partial charge in [0.15, 0.2) is 0 Å². The number of nitrogens with one attached hydrogen (secondary N) is 1. The molecule has 0 aromatic carbocycles. The Morgan fingerprint density at radius 3 is 2.73 bits per heavy atom. The maximum absolute atomic E-state index is 11.3. The van der Waals surface area contributed by atoms with Crippen molar-refractivity contribution in [2.24, 2.45) is 0 Å². The summed E-state index contributed by atoms with van der Waals surface area (Å²) < 4.78 is 0. The van der Waals surface area contributed by atoms with Gasteiger partial charge in [-0.2, -0.15) is 0 Å². The second kappa shape index (κ2) is 2.95. The first-order chi connectivity index (χ1) is 5.11. The Morgan fingerprint density at radius 2 is 2.27 bits per heavy atom. The number of hydrogen-bond acceptors (Lipinski definition) is 2. The summed E-state index contributed by atoms with van der Waals surface area (Å²) in [5, 5.41) is 3.11. The molecular weight excluding hydrogens is 140 g/mol. The number of hydrogen-bond donors (Lipinski definition) is 1. The largest absolute Gasteiger partial charge is 0.371 e. The Kier molecular flexibility index (Phi) is 2.17. The molecule has 3 heteroatoms. The third-order valence-electron chi connectivity index (χ3n) is 1.77. The number of allylic oxidation sites excluding steroid dienone is 1. The molecule has 0 bridgehead atoms. The minimum atomic E-state index is 0.108. The van der Waals surface area contributed by atoms with Gasteiger partial charge < -0.3 is 10.2 Å². The van der Waals surface area contributed by atoms with E-state index in [2.05, 4.69) is 5.32 Å². The number of carbonyl (C=O) groups is 1. The minimum absolute atomic E-state index is 0.108. The van der Waals surface area contributed by atoms with Gasteiger partial charge >= 0.3 is 0 Å². The highest BCUT2D eigenvalue weighted by Crippen LogP contribution is 2.04. The monoisotopic (exact) mass is 154 g/mol. The molecule has 62 valence electrons. The molecule has 1 heterocycles. The van der Waals surface area contributed by atoms with Crippen molar-refractivity contribution in [2.75, 3.05) is 6.67 Å². The zero-order valence-electron chi connectivity index (χ0n) is 7.22. The molecule has 1 rings (SSSR count). The second-order valence-electron chi connectivity index (χ2n) is 3.06. The van der Waals surface area contributed by atoms with Crippen LogP contribution in [-0.2, 0) is 4.79 Å².